The van der Waals surface area contributed by atoms with Gasteiger partial charge in [0.05, 0.1) is 0 Å². The molecule has 22 heavy (non-hydrogen) atoms. The molecule has 0 spiro atoms. The summed E-state index contributed by atoms with van der Waals surface area (Å²) in [6, 6.07) is 6.96. The van der Waals surface area contributed by atoms with Gasteiger partial charge in [-0.25, -0.2) is 9.97 Å². The number of nitrogens with zero attached hydrogens (tertiary/aromatic N) is 2. The van der Waals surface area contributed by atoms with Crippen LogP contribution < -0.4 is 10.6 Å². The number of hydrogen-bond acceptors (Lipinski definition) is 4. The van der Waals surface area contributed by atoms with Gasteiger partial charge in [0.1, 0.15) is 5.69 Å². The predicted molar refractivity (Wildman–Crippen MR) is 89.5 cm³/mol. The van der Waals surface area contributed by atoms with Gasteiger partial charge in [-0.05, 0) is 36.6 Å². The molecule has 1 aromatic heterocycles. The predicted octanol–water partition coefficient (Wildman–Crippen LogP) is 3.76. The van der Waals surface area contributed by atoms with Crippen molar-refractivity contribution >= 4 is 29.1 Å². The van der Waals surface area contributed by atoms with Crippen LogP contribution in [0.3, 0.4) is 0 Å². The number of carbonyl (C=O) groups is 1. The molecular formula is C16H19ClN4O. The lowest BCUT2D eigenvalue weighted by Gasteiger charge is -2.10. The zero-order valence-corrected chi connectivity index (χ0v) is 13.6. The largest absolute Gasteiger partial charge is 0.354 e. The normalized spacial score (nSPS) is 10.6. The highest BCUT2D eigenvalue weighted by Gasteiger charge is 2.11. The fourth-order valence-electron chi connectivity index (χ4n) is 1.79. The molecule has 0 saturated heterocycles. The Morgan fingerprint density at radius 1 is 1.32 bits per heavy atom. The summed E-state index contributed by atoms with van der Waals surface area (Å²) in [7, 11) is 0. The van der Waals surface area contributed by atoms with E-state index in [9.17, 15) is 4.79 Å². The Balaban J connectivity index is 2.12. The zero-order chi connectivity index (χ0) is 16.1. The van der Waals surface area contributed by atoms with Crippen molar-refractivity contribution in [2.45, 2.75) is 20.8 Å². The Hall–Kier alpha value is -2.14. The molecule has 0 unspecified atom stereocenters. The number of halogens is 1. The summed E-state index contributed by atoms with van der Waals surface area (Å²) in [5, 5.41) is 6.53. The third-order valence-corrected chi connectivity index (χ3v) is 3.48. The van der Waals surface area contributed by atoms with Crippen molar-refractivity contribution in [3.63, 3.8) is 0 Å². The quantitative estimate of drug-likeness (QED) is 0.881. The van der Waals surface area contributed by atoms with Crippen LogP contribution in [0.2, 0.25) is 5.02 Å². The van der Waals surface area contributed by atoms with Gasteiger partial charge in [-0.1, -0.05) is 31.5 Å². The van der Waals surface area contributed by atoms with Gasteiger partial charge in [-0.15, -0.1) is 0 Å². The van der Waals surface area contributed by atoms with Gasteiger partial charge in [0, 0.05) is 23.5 Å². The maximum atomic E-state index is 12.3. The summed E-state index contributed by atoms with van der Waals surface area (Å²) in [6.45, 7) is 6.78. The second-order valence-corrected chi connectivity index (χ2v) is 5.81. The number of hydrogen-bond donors (Lipinski definition) is 2. The molecule has 2 aromatic rings. The van der Waals surface area contributed by atoms with Crippen LogP contribution in [-0.4, -0.2) is 22.4 Å². The first kappa shape index (κ1) is 16.2. The van der Waals surface area contributed by atoms with Crippen molar-refractivity contribution in [1.82, 2.24) is 9.97 Å². The second-order valence-electron chi connectivity index (χ2n) is 5.41. The summed E-state index contributed by atoms with van der Waals surface area (Å²) in [4.78, 5) is 20.6. The first-order valence-electron chi connectivity index (χ1n) is 7.10. The average molecular weight is 319 g/mol. The van der Waals surface area contributed by atoms with Crippen LogP contribution in [0.1, 0.15) is 29.9 Å². The van der Waals surface area contributed by atoms with E-state index in [1.54, 1.807) is 30.5 Å². The van der Waals surface area contributed by atoms with Crippen molar-refractivity contribution in [3.8, 4) is 0 Å². The summed E-state index contributed by atoms with van der Waals surface area (Å²) >= 11 is 6.05. The lowest BCUT2D eigenvalue weighted by atomic mass is 10.2. The standard InChI is InChI=1S/C16H19ClN4O/c1-10(2)9-19-16-18-8-7-14(21-16)15(22)20-13-6-4-5-12(17)11(13)3/h4-8,10H,9H2,1-3H3,(H,20,22)(H,18,19,21). The SMILES string of the molecule is Cc1c(Cl)cccc1NC(=O)c1ccnc(NCC(C)C)n1. The van der Waals surface area contributed by atoms with Gasteiger partial charge >= 0.3 is 0 Å². The van der Waals surface area contributed by atoms with E-state index in [-0.39, 0.29) is 5.91 Å². The Kier molecular flexibility index (Phi) is 5.33. The van der Waals surface area contributed by atoms with Crippen molar-refractivity contribution in [1.29, 1.82) is 0 Å². The van der Waals surface area contributed by atoms with Crippen LogP contribution in [0.15, 0.2) is 30.5 Å². The maximum Gasteiger partial charge on any atom is 0.274 e. The number of nitrogens with one attached hydrogen (secondary N) is 2. The Labute approximate surface area is 135 Å². The molecular weight excluding hydrogens is 300 g/mol. The maximum absolute atomic E-state index is 12.3. The van der Waals surface area contributed by atoms with Crippen molar-refractivity contribution in [2.24, 2.45) is 5.92 Å². The van der Waals surface area contributed by atoms with Crippen molar-refractivity contribution in [2.75, 3.05) is 17.2 Å². The Morgan fingerprint density at radius 3 is 2.82 bits per heavy atom. The molecule has 1 aromatic carbocycles. The summed E-state index contributed by atoms with van der Waals surface area (Å²) < 4.78 is 0. The molecule has 2 rings (SSSR count). The van der Waals surface area contributed by atoms with E-state index >= 15 is 0 Å². The van der Waals surface area contributed by atoms with E-state index < -0.39 is 0 Å². The second kappa shape index (κ2) is 7.22. The Bertz CT molecular complexity index is 673. The van der Waals surface area contributed by atoms with E-state index in [2.05, 4.69) is 34.4 Å². The van der Waals surface area contributed by atoms with Gasteiger partial charge in [-0.2, -0.15) is 0 Å². The Morgan fingerprint density at radius 2 is 2.09 bits per heavy atom. The number of amides is 1. The van der Waals surface area contributed by atoms with Crippen molar-refractivity contribution < 1.29 is 4.79 Å². The van der Waals surface area contributed by atoms with Crippen LogP contribution in [-0.2, 0) is 0 Å². The fourth-order valence-corrected chi connectivity index (χ4v) is 1.97. The monoisotopic (exact) mass is 318 g/mol. The van der Waals surface area contributed by atoms with E-state index in [1.165, 1.54) is 0 Å². The average Bonchev–Trinajstić information content (AvgIpc) is 2.50. The van der Waals surface area contributed by atoms with E-state index in [1.807, 2.05) is 6.92 Å². The van der Waals surface area contributed by atoms with Gasteiger partial charge in [0.25, 0.3) is 5.91 Å². The number of rotatable bonds is 5. The minimum atomic E-state index is -0.291. The van der Waals surface area contributed by atoms with Gasteiger partial charge in [0.2, 0.25) is 5.95 Å². The van der Waals surface area contributed by atoms with E-state index in [0.29, 0.717) is 28.3 Å². The zero-order valence-electron chi connectivity index (χ0n) is 12.9. The van der Waals surface area contributed by atoms with Crippen LogP contribution in [0, 0.1) is 12.8 Å². The molecule has 0 saturated carbocycles. The molecule has 5 nitrogen and oxygen atoms in total. The molecule has 2 N–H and O–H groups in total. The van der Waals surface area contributed by atoms with Crippen molar-refractivity contribution in [3.05, 3.63) is 46.7 Å². The molecule has 0 bridgehead atoms. The first-order valence-corrected chi connectivity index (χ1v) is 7.48. The highest BCUT2D eigenvalue weighted by Crippen LogP contribution is 2.23. The lowest BCUT2D eigenvalue weighted by molar-refractivity contribution is 0.102. The summed E-state index contributed by atoms with van der Waals surface area (Å²) in [5.41, 5.74) is 1.80. The van der Waals surface area contributed by atoms with E-state index in [4.69, 9.17) is 11.6 Å². The minimum absolute atomic E-state index is 0.291. The van der Waals surface area contributed by atoms with Crippen LogP contribution in [0.25, 0.3) is 0 Å². The number of aromatic nitrogens is 2. The molecule has 0 fully saturated rings. The van der Waals surface area contributed by atoms with Gasteiger partial charge < -0.3 is 10.6 Å². The number of benzene rings is 1. The van der Waals surface area contributed by atoms with Crippen LogP contribution in [0.4, 0.5) is 11.6 Å². The minimum Gasteiger partial charge on any atom is -0.354 e. The van der Waals surface area contributed by atoms with Crippen LogP contribution in [0.5, 0.6) is 0 Å². The van der Waals surface area contributed by atoms with E-state index in [0.717, 1.165) is 12.1 Å². The van der Waals surface area contributed by atoms with Gasteiger partial charge in [-0.3, -0.25) is 4.79 Å². The molecule has 116 valence electrons. The van der Waals surface area contributed by atoms with Gasteiger partial charge in [0.15, 0.2) is 0 Å². The molecule has 0 aliphatic carbocycles. The third kappa shape index (κ3) is 4.18. The molecule has 0 radical (unpaired) electrons. The number of anilines is 2. The summed E-state index contributed by atoms with van der Waals surface area (Å²) in [5.74, 6) is 0.625. The highest BCUT2D eigenvalue weighted by molar-refractivity contribution is 6.31. The fraction of sp³-hybridized carbons (Fsp3) is 0.312. The first-order chi connectivity index (χ1) is 10.5. The molecule has 6 heteroatoms. The molecule has 0 aliphatic heterocycles. The molecule has 1 heterocycles. The topological polar surface area (TPSA) is 66.9 Å². The molecule has 0 aliphatic rings. The van der Waals surface area contributed by atoms with Crippen LogP contribution >= 0.6 is 11.6 Å². The highest BCUT2D eigenvalue weighted by atomic mass is 35.5. The smallest absolute Gasteiger partial charge is 0.274 e. The summed E-state index contributed by atoms with van der Waals surface area (Å²) in [6.07, 6.45) is 1.56. The molecule has 0 atom stereocenters. The third-order valence-electron chi connectivity index (χ3n) is 3.07. The molecule has 1 amide bonds. The lowest BCUT2D eigenvalue weighted by Crippen LogP contribution is -2.17. The number of carbonyl (C=O) groups excluding carboxylic acids is 1.